The van der Waals surface area contributed by atoms with Crippen LogP contribution in [0.1, 0.15) is 32.7 Å². The van der Waals surface area contributed by atoms with Gasteiger partial charge >= 0.3 is 0 Å². The number of aromatic nitrogens is 3. The maximum absolute atomic E-state index is 12.5. The number of ether oxygens (including phenoxy) is 1. The number of carbonyl (C=O) groups excluding carboxylic acids is 1. The Hall–Kier alpha value is -2.58. The molecule has 1 saturated heterocycles. The van der Waals surface area contributed by atoms with E-state index in [1.165, 1.54) is 11.3 Å². The van der Waals surface area contributed by atoms with Crippen molar-refractivity contribution < 1.29 is 9.53 Å². The molecule has 140 valence electrons. The molecule has 3 aromatic heterocycles. The quantitative estimate of drug-likeness (QED) is 0.749. The maximum Gasteiger partial charge on any atom is 0.261 e. The first-order valence-electron chi connectivity index (χ1n) is 8.85. The molecule has 1 N–H and O–H groups in total. The third-order valence-electron chi connectivity index (χ3n) is 4.58. The van der Waals surface area contributed by atoms with Gasteiger partial charge in [-0.15, -0.1) is 11.3 Å². The van der Waals surface area contributed by atoms with Crippen molar-refractivity contribution >= 4 is 33.4 Å². The van der Waals surface area contributed by atoms with E-state index in [0.717, 1.165) is 33.7 Å². The zero-order chi connectivity index (χ0) is 19.0. The molecule has 4 heterocycles. The summed E-state index contributed by atoms with van der Waals surface area (Å²) >= 11 is 1.40. The Balaban J connectivity index is 1.74. The molecule has 0 saturated carbocycles. The molecular formula is C19H21N5O2S. The summed E-state index contributed by atoms with van der Waals surface area (Å²) in [5.74, 6) is 0.594. The van der Waals surface area contributed by atoms with Crippen LogP contribution in [0.5, 0.6) is 0 Å². The highest BCUT2D eigenvalue weighted by Crippen LogP contribution is 2.37. The Morgan fingerprint density at radius 1 is 1.33 bits per heavy atom. The summed E-state index contributed by atoms with van der Waals surface area (Å²) in [5, 5.41) is 3.70. The molecule has 0 aliphatic carbocycles. The summed E-state index contributed by atoms with van der Waals surface area (Å²) in [6.45, 7) is 5.80. The van der Waals surface area contributed by atoms with Gasteiger partial charge in [0.15, 0.2) is 0 Å². The van der Waals surface area contributed by atoms with Crippen LogP contribution in [0.15, 0.2) is 24.4 Å². The maximum atomic E-state index is 12.5. The van der Waals surface area contributed by atoms with Crippen molar-refractivity contribution in [3.63, 3.8) is 0 Å². The van der Waals surface area contributed by atoms with Crippen LogP contribution in [0.4, 0.5) is 5.95 Å². The van der Waals surface area contributed by atoms with Gasteiger partial charge in [0.25, 0.3) is 5.91 Å². The number of hydrogen-bond donors (Lipinski definition) is 1. The van der Waals surface area contributed by atoms with Crippen LogP contribution in [0.25, 0.3) is 10.2 Å². The van der Waals surface area contributed by atoms with Crippen molar-refractivity contribution in [1.29, 1.82) is 0 Å². The van der Waals surface area contributed by atoms with E-state index >= 15 is 0 Å². The molecule has 7 nitrogen and oxygen atoms in total. The Morgan fingerprint density at radius 2 is 2.11 bits per heavy atom. The summed E-state index contributed by atoms with van der Waals surface area (Å²) in [4.78, 5) is 29.7. The van der Waals surface area contributed by atoms with Gasteiger partial charge in [-0.25, -0.2) is 15.0 Å². The minimum atomic E-state index is -0.242. The van der Waals surface area contributed by atoms with E-state index in [4.69, 9.17) is 4.74 Å². The first-order valence-corrected chi connectivity index (χ1v) is 9.67. The summed E-state index contributed by atoms with van der Waals surface area (Å²) in [6.07, 6.45) is 1.50. The van der Waals surface area contributed by atoms with Gasteiger partial charge in [0.2, 0.25) is 5.95 Å². The molecule has 1 aliphatic rings. The number of morpholine rings is 1. The number of carbonyl (C=O) groups is 1. The van der Waals surface area contributed by atoms with Gasteiger partial charge < -0.3 is 15.0 Å². The van der Waals surface area contributed by atoms with E-state index in [2.05, 4.69) is 25.2 Å². The number of pyridine rings is 1. The lowest BCUT2D eigenvalue weighted by molar-refractivity contribution is 0.0396. The highest BCUT2D eigenvalue weighted by Gasteiger charge is 2.30. The number of thiophene rings is 1. The van der Waals surface area contributed by atoms with Crippen LogP contribution in [-0.2, 0) is 4.74 Å². The number of hydrogen-bond acceptors (Lipinski definition) is 7. The highest BCUT2D eigenvalue weighted by atomic mass is 32.1. The molecule has 3 aromatic rings. The van der Waals surface area contributed by atoms with E-state index in [1.54, 1.807) is 13.2 Å². The molecule has 1 unspecified atom stereocenters. The predicted octanol–water partition coefficient (Wildman–Crippen LogP) is 2.64. The number of anilines is 1. The second kappa shape index (κ2) is 7.21. The van der Waals surface area contributed by atoms with Crippen molar-refractivity contribution in [3.8, 4) is 0 Å². The second-order valence-electron chi connectivity index (χ2n) is 6.54. The largest absolute Gasteiger partial charge is 0.370 e. The predicted molar refractivity (Wildman–Crippen MR) is 105 cm³/mol. The van der Waals surface area contributed by atoms with Crippen LogP contribution in [0.3, 0.4) is 0 Å². The third kappa shape index (κ3) is 3.38. The van der Waals surface area contributed by atoms with Crippen LogP contribution >= 0.6 is 11.3 Å². The molecule has 4 rings (SSSR count). The average Bonchev–Trinajstić information content (AvgIpc) is 3.06. The first-order chi connectivity index (χ1) is 13.1. The fraction of sp³-hybridized carbons (Fsp3) is 0.368. The number of nitrogens with zero attached hydrogens (tertiary/aromatic N) is 4. The number of fused-ring (bicyclic) bond motifs is 1. The van der Waals surface area contributed by atoms with Crippen LogP contribution in [0.2, 0.25) is 0 Å². The van der Waals surface area contributed by atoms with Crippen LogP contribution in [0, 0.1) is 13.8 Å². The third-order valence-corrected chi connectivity index (χ3v) is 5.71. The molecule has 0 radical (unpaired) electrons. The number of aryl methyl sites for hydroxylation is 2. The summed E-state index contributed by atoms with van der Waals surface area (Å²) < 4.78 is 6.08. The number of amides is 1. The SMILES string of the molecule is CNC(=O)c1sc2ncccc2c1C1CN(c2nc(C)cc(C)n2)CCO1. The minimum absolute atomic E-state index is 0.114. The number of rotatable bonds is 3. The van der Waals surface area contributed by atoms with Crippen LogP contribution in [-0.4, -0.2) is 47.6 Å². The van der Waals surface area contributed by atoms with Gasteiger partial charge in [0.05, 0.1) is 13.2 Å². The van der Waals surface area contributed by atoms with Gasteiger partial charge in [-0.05, 0) is 26.0 Å². The smallest absolute Gasteiger partial charge is 0.261 e. The Bertz CT molecular complexity index is 983. The normalized spacial score (nSPS) is 17.3. The second-order valence-corrected chi connectivity index (χ2v) is 7.54. The van der Waals surface area contributed by atoms with Crippen molar-refractivity contribution in [3.05, 3.63) is 46.2 Å². The Labute approximate surface area is 161 Å². The standard InChI is InChI=1S/C19H21N5O2S/c1-11-9-12(2)23-19(22-11)24-7-8-26-14(10-24)15-13-5-4-6-21-18(13)27-16(15)17(25)20-3/h4-6,9,14H,7-8,10H2,1-3H3,(H,20,25). The molecule has 0 bridgehead atoms. The van der Waals surface area contributed by atoms with Gasteiger partial charge in [0, 0.05) is 42.1 Å². The molecule has 1 aliphatic heterocycles. The zero-order valence-electron chi connectivity index (χ0n) is 15.5. The van der Waals surface area contributed by atoms with Crippen molar-refractivity contribution in [2.45, 2.75) is 20.0 Å². The average molecular weight is 383 g/mol. The lowest BCUT2D eigenvalue weighted by atomic mass is 10.0. The lowest BCUT2D eigenvalue weighted by Gasteiger charge is -2.33. The van der Waals surface area contributed by atoms with E-state index in [-0.39, 0.29) is 12.0 Å². The zero-order valence-corrected chi connectivity index (χ0v) is 16.3. The Morgan fingerprint density at radius 3 is 2.85 bits per heavy atom. The summed E-state index contributed by atoms with van der Waals surface area (Å²) in [5.41, 5.74) is 2.78. The van der Waals surface area contributed by atoms with E-state index in [1.807, 2.05) is 32.0 Å². The van der Waals surface area contributed by atoms with Gasteiger partial charge in [-0.3, -0.25) is 4.79 Å². The van der Waals surface area contributed by atoms with E-state index < -0.39 is 0 Å². The molecule has 1 atom stereocenters. The lowest BCUT2D eigenvalue weighted by Crippen LogP contribution is -2.40. The van der Waals surface area contributed by atoms with E-state index in [9.17, 15) is 4.79 Å². The molecule has 0 aromatic carbocycles. The molecule has 8 heteroatoms. The van der Waals surface area contributed by atoms with Gasteiger partial charge in [0.1, 0.15) is 15.8 Å². The number of nitrogens with one attached hydrogen (secondary N) is 1. The van der Waals surface area contributed by atoms with Crippen molar-refractivity contribution in [2.24, 2.45) is 0 Å². The van der Waals surface area contributed by atoms with Gasteiger partial charge in [-0.1, -0.05) is 6.07 Å². The van der Waals surface area contributed by atoms with Crippen molar-refractivity contribution in [2.75, 3.05) is 31.6 Å². The first kappa shape index (κ1) is 17.8. The Kier molecular flexibility index (Phi) is 4.75. The topological polar surface area (TPSA) is 80.2 Å². The molecular weight excluding hydrogens is 362 g/mol. The fourth-order valence-electron chi connectivity index (χ4n) is 3.41. The van der Waals surface area contributed by atoms with Crippen molar-refractivity contribution in [1.82, 2.24) is 20.3 Å². The highest BCUT2D eigenvalue weighted by molar-refractivity contribution is 7.20. The summed E-state index contributed by atoms with van der Waals surface area (Å²) in [7, 11) is 1.64. The molecule has 1 fully saturated rings. The summed E-state index contributed by atoms with van der Waals surface area (Å²) in [6, 6.07) is 5.85. The monoisotopic (exact) mass is 383 g/mol. The molecule has 0 spiro atoms. The minimum Gasteiger partial charge on any atom is -0.370 e. The molecule has 27 heavy (non-hydrogen) atoms. The molecule has 1 amide bonds. The van der Waals surface area contributed by atoms with Crippen LogP contribution < -0.4 is 10.2 Å². The van der Waals surface area contributed by atoms with Gasteiger partial charge in [-0.2, -0.15) is 0 Å². The van der Waals surface area contributed by atoms with E-state index in [0.29, 0.717) is 24.0 Å². The fourth-order valence-corrected chi connectivity index (χ4v) is 4.55.